The maximum Gasteiger partial charge on any atom is 0.0726 e. The van der Waals surface area contributed by atoms with Crippen molar-refractivity contribution in [3.63, 3.8) is 0 Å². The Balaban J connectivity index is 2.31. The van der Waals surface area contributed by atoms with Gasteiger partial charge >= 0.3 is 0 Å². The number of rotatable bonds is 0. The average Bonchev–Trinajstić information content (AvgIpc) is 2.76. The van der Waals surface area contributed by atoms with Crippen LogP contribution in [0.1, 0.15) is 0 Å². The summed E-state index contributed by atoms with van der Waals surface area (Å²) in [6.45, 7) is 4.15. The number of anilines is 1. The van der Waals surface area contributed by atoms with E-state index in [4.69, 9.17) is 0 Å². The Bertz CT molecular complexity index is 835. The molecule has 1 heterocycles. The lowest BCUT2D eigenvalue weighted by Gasteiger charge is -2.16. The van der Waals surface area contributed by atoms with Crippen molar-refractivity contribution in [3.05, 3.63) is 60.1 Å². The van der Waals surface area contributed by atoms with Gasteiger partial charge in [-0.3, -0.25) is 0 Å². The predicted molar refractivity (Wildman–Crippen MR) is 84.9 cm³/mol. The van der Waals surface area contributed by atoms with E-state index in [1.54, 1.807) is 11.8 Å². The van der Waals surface area contributed by atoms with E-state index in [1.165, 1.54) is 32.1 Å². The van der Waals surface area contributed by atoms with Gasteiger partial charge in [-0.15, -0.1) is 0 Å². The molecule has 0 spiro atoms. The van der Waals surface area contributed by atoms with Gasteiger partial charge in [0.1, 0.15) is 0 Å². The van der Waals surface area contributed by atoms with Gasteiger partial charge in [0.2, 0.25) is 0 Å². The molecule has 0 N–H and O–H groups in total. The molecule has 19 heavy (non-hydrogen) atoms. The van der Waals surface area contributed by atoms with E-state index in [-0.39, 0.29) is 0 Å². The normalized spacial score (nSPS) is 14.4. The quantitative estimate of drug-likeness (QED) is 0.525. The summed E-state index contributed by atoms with van der Waals surface area (Å²) in [5.74, 6) is 0. The molecular formula is C17H13NS. The van der Waals surface area contributed by atoms with Gasteiger partial charge in [-0.2, -0.15) is 0 Å². The third-order valence-corrected chi connectivity index (χ3v) is 4.92. The van der Waals surface area contributed by atoms with Crippen LogP contribution in [-0.2, 0) is 0 Å². The maximum atomic E-state index is 4.15. The Labute approximate surface area is 116 Å². The number of fused-ring (bicyclic) bond motifs is 6. The molecule has 3 aromatic rings. The molecule has 0 saturated carbocycles. The zero-order valence-corrected chi connectivity index (χ0v) is 11.5. The van der Waals surface area contributed by atoms with Crippen LogP contribution in [-0.4, -0.2) is 7.05 Å². The second kappa shape index (κ2) is 3.78. The minimum Gasteiger partial charge on any atom is -0.338 e. The van der Waals surface area contributed by atoms with Gasteiger partial charge in [0.15, 0.2) is 0 Å². The van der Waals surface area contributed by atoms with E-state index < -0.39 is 0 Å². The van der Waals surface area contributed by atoms with Crippen molar-refractivity contribution < 1.29 is 0 Å². The van der Waals surface area contributed by atoms with Crippen molar-refractivity contribution in [3.8, 4) is 0 Å². The highest BCUT2D eigenvalue weighted by Crippen LogP contribution is 2.51. The standard InChI is InChI=1S/C17H13NS/c1-11-18(2)16-14-9-5-3-7-12(14)13-8-4-6-10-15(13)17(16)19-11/h3-10H,1H2,2H3. The van der Waals surface area contributed by atoms with E-state index in [0.29, 0.717) is 0 Å². The minimum atomic E-state index is 1.09. The number of hydrogen-bond acceptors (Lipinski definition) is 2. The zero-order valence-electron chi connectivity index (χ0n) is 10.7. The van der Waals surface area contributed by atoms with Gasteiger partial charge < -0.3 is 4.90 Å². The van der Waals surface area contributed by atoms with Crippen LogP contribution in [0, 0.1) is 0 Å². The first-order chi connectivity index (χ1) is 9.27. The van der Waals surface area contributed by atoms with Crippen LogP contribution in [0.5, 0.6) is 0 Å². The van der Waals surface area contributed by atoms with E-state index in [1.807, 2.05) is 0 Å². The molecular weight excluding hydrogens is 250 g/mol. The molecule has 0 bridgehead atoms. The molecule has 4 rings (SSSR count). The van der Waals surface area contributed by atoms with Gasteiger partial charge in [0.05, 0.1) is 10.7 Å². The van der Waals surface area contributed by atoms with Crippen LogP contribution in [0.15, 0.2) is 65.0 Å². The molecule has 1 aliphatic rings. The Morgan fingerprint density at radius 1 is 0.842 bits per heavy atom. The fourth-order valence-corrected chi connectivity index (χ4v) is 3.93. The lowest BCUT2D eigenvalue weighted by atomic mass is 10.00. The van der Waals surface area contributed by atoms with Crippen molar-refractivity contribution in [2.24, 2.45) is 0 Å². The topological polar surface area (TPSA) is 3.24 Å². The maximum absolute atomic E-state index is 4.15. The summed E-state index contributed by atoms with van der Waals surface area (Å²) < 4.78 is 0. The van der Waals surface area contributed by atoms with Crippen molar-refractivity contribution in [1.82, 2.24) is 0 Å². The van der Waals surface area contributed by atoms with Crippen molar-refractivity contribution in [2.75, 3.05) is 11.9 Å². The van der Waals surface area contributed by atoms with Crippen LogP contribution < -0.4 is 4.90 Å². The van der Waals surface area contributed by atoms with E-state index in [9.17, 15) is 0 Å². The van der Waals surface area contributed by atoms with Crippen LogP contribution in [0.25, 0.3) is 21.5 Å². The Morgan fingerprint density at radius 3 is 2.05 bits per heavy atom. The molecule has 0 unspecified atom stereocenters. The number of thioether (sulfide) groups is 1. The van der Waals surface area contributed by atoms with Crippen LogP contribution in [0.3, 0.4) is 0 Å². The molecule has 0 fully saturated rings. The number of hydrogen-bond donors (Lipinski definition) is 0. The third-order valence-electron chi connectivity index (χ3n) is 3.79. The molecule has 3 aromatic carbocycles. The molecule has 0 saturated heterocycles. The number of benzene rings is 3. The van der Waals surface area contributed by atoms with Gasteiger partial charge in [-0.25, -0.2) is 0 Å². The summed E-state index contributed by atoms with van der Waals surface area (Å²) in [4.78, 5) is 3.54. The highest BCUT2D eigenvalue weighted by molar-refractivity contribution is 8.04. The summed E-state index contributed by atoms with van der Waals surface area (Å²) in [6, 6.07) is 17.3. The van der Waals surface area contributed by atoms with E-state index in [0.717, 1.165) is 5.03 Å². The second-order valence-electron chi connectivity index (χ2n) is 4.82. The number of nitrogens with zero attached hydrogens (tertiary/aromatic N) is 1. The molecule has 2 heteroatoms. The first-order valence-electron chi connectivity index (χ1n) is 6.31. The van der Waals surface area contributed by atoms with Crippen LogP contribution in [0.4, 0.5) is 5.69 Å². The Morgan fingerprint density at radius 2 is 1.37 bits per heavy atom. The highest BCUT2D eigenvalue weighted by Gasteiger charge is 2.25. The van der Waals surface area contributed by atoms with Crippen molar-refractivity contribution in [2.45, 2.75) is 4.90 Å². The predicted octanol–water partition coefficient (Wildman–Crippen LogP) is 5.01. The van der Waals surface area contributed by atoms with E-state index >= 15 is 0 Å². The minimum absolute atomic E-state index is 1.09. The highest BCUT2D eigenvalue weighted by atomic mass is 32.2. The summed E-state index contributed by atoms with van der Waals surface area (Å²) in [5.41, 5.74) is 1.30. The average molecular weight is 263 g/mol. The SMILES string of the molecule is C=C1Sc2c(c3ccccc3c3ccccc23)N1C. The summed E-state index contributed by atoms with van der Waals surface area (Å²) >= 11 is 1.77. The lowest BCUT2D eigenvalue weighted by Crippen LogP contribution is -2.08. The Kier molecular flexibility index (Phi) is 2.18. The molecule has 0 aliphatic carbocycles. The fraction of sp³-hybridized carbons (Fsp3) is 0.0588. The first-order valence-corrected chi connectivity index (χ1v) is 7.13. The molecule has 1 nitrogen and oxygen atoms in total. The smallest absolute Gasteiger partial charge is 0.0726 e. The van der Waals surface area contributed by atoms with Gasteiger partial charge in [0.25, 0.3) is 0 Å². The second-order valence-corrected chi connectivity index (χ2v) is 5.91. The Hall–Kier alpha value is -1.93. The van der Waals surface area contributed by atoms with E-state index in [2.05, 4.69) is 67.1 Å². The van der Waals surface area contributed by atoms with Gasteiger partial charge in [-0.1, -0.05) is 66.9 Å². The van der Waals surface area contributed by atoms with Crippen molar-refractivity contribution >= 4 is 39.0 Å². The molecule has 1 aliphatic heterocycles. The summed E-state index contributed by atoms with van der Waals surface area (Å²) in [7, 11) is 2.10. The largest absolute Gasteiger partial charge is 0.338 e. The summed E-state index contributed by atoms with van der Waals surface area (Å²) in [5, 5.41) is 6.37. The molecule has 92 valence electrons. The summed E-state index contributed by atoms with van der Waals surface area (Å²) in [6.07, 6.45) is 0. The van der Waals surface area contributed by atoms with Crippen LogP contribution in [0.2, 0.25) is 0 Å². The first kappa shape index (κ1) is 10.9. The van der Waals surface area contributed by atoms with Crippen LogP contribution >= 0.6 is 11.8 Å². The third kappa shape index (κ3) is 1.38. The van der Waals surface area contributed by atoms with Gasteiger partial charge in [-0.05, 0) is 16.2 Å². The monoisotopic (exact) mass is 263 g/mol. The van der Waals surface area contributed by atoms with Gasteiger partial charge in [0, 0.05) is 17.3 Å². The molecule has 0 amide bonds. The fourth-order valence-electron chi connectivity index (χ4n) is 2.84. The van der Waals surface area contributed by atoms with Crippen molar-refractivity contribution in [1.29, 1.82) is 0 Å². The molecule has 0 atom stereocenters. The zero-order chi connectivity index (χ0) is 13.0. The molecule has 0 radical (unpaired) electrons. The molecule has 0 aromatic heterocycles. The lowest BCUT2D eigenvalue weighted by molar-refractivity contribution is 1.20.